The number of sulfonamides is 1. The molecule has 3 aliphatic rings. The van der Waals surface area contributed by atoms with Crippen LogP contribution >= 0.6 is 0 Å². The van der Waals surface area contributed by atoms with Crippen LogP contribution < -0.4 is 14.8 Å². The molecule has 0 spiro atoms. The number of piperazine rings is 1. The lowest BCUT2D eigenvalue weighted by atomic mass is 9.91. The average Bonchev–Trinajstić information content (AvgIpc) is 3.06. The summed E-state index contributed by atoms with van der Waals surface area (Å²) in [5, 5.41) is 2.71. The van der Waals surface area contributed by atoms with Crippen LogP contribution in [0.5, 0.6) is 11.5 Å². The lowest BCUT2D eigenvalue weighted by Crippen LogP contribution is -2.53. The Bertz CT molecular complexity index is 1330. The Kier molecular flexibility index (Phi) is 6.54. The van der Waals surface area contributed by atoms with Gasteiger partial charge in [0.1, 0.15) is 12.1 Å². The summed E-state index contributed by atoms with van der Waals surface area (Å²) in [4.78, 5) is 41.7. The number of fused-ring (bicyclic) bond motifs is 1. The molecule has 11 nitrogen and oxygen atoms in total. The number of rotatable bonds is 5. The molecule has 2 aromatic rings. The number of nitrogens with one attached hydrogen (secondary N) is 1. The van der Waals surface area contributed by atoms with E-state index < -0.39 is 40.0 Å². The second kappa shape index (κ2) is 9.67. The topological polar surface area (TPSA) is 126 Å². The monoisotopic (exact) mass is 528 g/mol. The predicted molar refractivity (Wildman–Crippen MR) is 131 cm³/mol. The van der Waals surface area contributed by atoms with Crippen LogP contribution in [-0.2, 0) is 25.2 Å². The van der Waals surface area contributed by atoms with Gasteiger partial charge in [0.15, 0.2) is 11.5 Å². The summed E-state index contributed by atoms with van der Waals surface area (Å²) in [5.41, 5.74) is -0.852. The molecule has 2 saturated heterocycles. The normalized spacial score (nSPS) is 22.5. The molecule has 4 amide bonds. The zero-order valence-electron chi connectivity index (χ0n) is 20.4. The summed E-state index contributed by atoms with van der Waals surface area (Å²) < 4.78 is 38.4. The van der Waals surface area contributed by atoms with Crippen LogP contribution in [0, 0.1) is 0 Å². The van der Waals surface area contributed by atoms with E-state index >= 15 is 0 Å². The molecule has 5 rings (SSSR count). The van der Waals surface area contributed by atoms with Gasteiger partial charge in [-0.1, -0.05) is 24.3 Å². The van der Waals surface area contributed by atoms with Gasteiger partial charge in [-0.2, -0.15) is 4.31 Å². The van der Waals surface area contributed by atoms with E-state index in [1.807, 2.05) is 0 Å². The number of hydrogen-bond donors (Lipinski definition) is 1. The molecule has 3 heterocycles. The summed E-state index contributed by atoms with van der Waals surface area (Å²) in [6.07, 6.45) is 0.735. The number of amides is 4. The highest BCUT2D eigenvalue weighted by Crippen LogP contribution is 2.36. The van der Waals surface area contributed by atoms with Crippen molar-refractivity contribution in [2.45, 2.75) is 23.8 Å². The molecule has 2 fully saturated rings. The highest BCUT2D eigenvalue weighted by atomic mass is 32.2. The Morgan fingerprint density at radius 2 is 1.65 bits per heavy atom. The maximum Gasteiger partial charge on any atom is 0.325 e. The minimum Gasteiger partial charge on any atom is -0.490 e. The minimum atomic E-state index is -3.66. The van der Waals surface area contributed by atoms with Gasteiger partial charge in [-0.25, -0.2) is 13.2 Å². The van der Waals surface area contributed by atoms with Gasteiger partial charge in [0.25, 0.3) is 5.91 Å². The predicted octanol–water partition coefficient (Wildman–Crippen LogP) is 1.15. The Morgan fingerprint density at radius 1 is 0.973 bits per heavy atom. The first-order chi connectivity index (χ1) is 17.7. The van der Waals surface area contributed by atoms with Crippen LogP contribution in [0.4, 0.5) is 4.79 Å². The molecule has 12 heteroatoms. The van der Waals surface area contributed by atoms with Crippen molar-refractivity contribution in [2.24, 2.45) is 0 Å². The molecule has 0 unspecified atom stereocenters. The van der Waals surface area contributed by atoms with E-state index in [9.17, 15) is 22.8 Å². The zero-order valence-corrected chi connectivity index (χ0v) is 21.2. The highest BCUT2D eigenvalue weighted by molar-refractivity contribution is 7.89. The second-order valence-electron chi connectivity index (χ2n) is 9.26. The molecular formula is C25H28N4O7S. The van der Waals surface area contributed by atoms with Crippen LogP contribution in [0.1, 0.15) is 18.9 Å². The number of nitrogens with zero attached hydrogens (tertiary/aromatic N) is 3. The zero-order chi connectivity index (χ0) is 26.2. The number of ether oxygens (including phenoxy) is 2. The van der Waals surface area contributed by atoms with Gasteiger partial charge in [0, 0.05) is 32.6 Å². The van der Waals surface area contributed by atoms with Gasteiger partial charge in [-0.3, -0.25) is 14.5 Å². The molecule has 1 atom stereocenters. The minimum absolute atomic E-state index is 0.123. The first kappa shape index (κ1) is 25.0. The number of urea groups is 1. The highest BCUT2D eigenvalue weighted by Gasteiger charge is 2.50. The van der Waals surface area contributed by atoms with E-state index in [4.69, 9.17) is 9.47 Å². The van der Waals surface area contributed by atoms with Crippen LogP contribution in [-0.4, -0.2) is 86.3 Å². The van der Waals surface area contributed by atoms with Gasteiger partial charge < -0.3 is 19.7 Å². The van der Waals surface area contributed by atoms with Crippen molar-refractivity contribution in [2.75, 3.05) is 45.9 Å². The number of imide groups is 1. The molecule has 0 bridgehead atoms. The van der Waals surface area contributed by atoms with E-state index in [1.165, 1.54) is 21.3 Å². The summed E-state index contributed by atoms with van der Waals surface area (Å²) in [7, 11) is -3.66. The number of carbonyl (C=O) groups is 3. The smallest absolute Gasteiger partial charge is 0.325 e. The van der Waals surface area contributed by atoms with Crippen LogP contribution in [0.25, 0.3) is 0 Å². The fourth-order valence-electron chi connectivity index (χ4n) is 4.67. The fraction of sp³-hybridized carbons (Fsp3) is 0.400. The van der Waals surface area contributed by atoms with Crippen molar-refractivity contribution in [1.29, 1.82) is 0 Å². The lowest BCUT2D eigenvalue weighted by molar-refractivity contribution is -0.139. The van der Waals surface area contributed by atoms with Crippen molar-refractivity contribution >= 4 is 27.9 Å². The second-order valence-corrected chi connectivity index (χ2v) is 11.2. The third kappa shape index (κ3) is 4.62. The molecular weight excluding hydrogens is 500 g/mol. The summed E-state index contributed by atoms with van der Waals surface area (Å²) in [6.45, 7) is 2.73. The summed E-state index contributed by atoms with van der Waals surface area (Å²) in [6, 6.07) is 12.5. The first-order valence-electron chi connectivity index (χ1n) is 12.1. The van der Waals surface area contributed by atoms with Crippen molar-refractivity contribution in [3.8, 4) is 11.5 Å². The third-order valence-electron chi connectivity index (χ3n) is 6.87. The maximum atomic E-state index is 13.3. The molecule has 0 aliphatic carbocycles. The Balaban J connectivity index is 1.24. The standard InChI is InChI=1S/C25H28N4O7S/c1-25(18-8-9-20-21(16-18)36-15-5-14-35-20)23(31)29(24(32)26-25)17-22(30)27-10-12-28(13-11-27)37(33,34)19-6-3-2-4-7-19/h2-4,6-9,16H,5,10-15,17H2,1H3,(H,26,32)/t25-/m0/s1. The molecule has 1 N–H and O–H groups in total. The molecule has 3 aliphatic heterocycles. The Labute approximate surface area is 215 Å². The molecule has 2 aromatic carbocycles. The van der Waals surface area contributed by atoms with E-state index in [1.54, 1.807) is 43.3 Å². The third-order valence-corrected chi connectivity index (χ3v) is 8.78. The van der Waals surface area contributed by atoms with E-state index in [0.29, 0.717) is 30.3 Å². The van der Waals surface area contributed by atoms with Crippen molar-refractivity contribution < 1.29 is 32.3 Å². The van der Waals surface area contributed by atoms with Gasteiger partial charge in [0.05, 0.1) is 18.1 Å². The maximum absolute atomic E-state index is 13.3. The number of hydrogen-bond acceptors (Lipinski definition) is 7. The Hall–Kier alpha value is -3.64. The molecule has 37 heavy (non-hydrogen) atoms. The van der Waals surface area contributed by atoms with Crippen LogP contribution in [0.2, 0.25) is 0 Å². The van der Waals surface area contributed by atoms with Crippen LogP contribution in [0.3, 0.4) is 0 Å². The Morgan fingerprint density at radius 3 is 2.35 bits per heavy atom. The van der Waals surface area contributed by atoms with Crippen LogP contribution in [0.15, 0.2) is 53.4 Å². The van der Waals surface area contributed by atoms with Gasteiger partial charge in [0.2, 0.25) is 15.9 Å². The van der Waals surface area contributed by atoms with Crippen molar-refractivity contribution in [1.82, 2.24) is 19.4 Å². The van der Waals surface area contributed by atoms with E-state index in [2.05, 4.69) is 5.32 Å². The van der Waals surface area contributed by atoms with Gasteiger partial charge >= 0.3 is 6.03 Å². The van der Waals surface area contributed by atoms with Gasteiger partial charge in [-0.15, -0.1) is 0 Å². The van der Waals surface area contributed by atoms with Crippen molar-refractivity contribution in [3.63, 3.8) is 0 Å². The molecule has 0 radical (unpaired) electrons. The van der Waals surface area contributed by atoms with E-state index in [0.717, 1.165) is 11.3 Å². The summed E-state index contributed by atoms with van der Waals surface area (Å²) in [5.74, 6) is 0.0898. The molecule has 0 aromatic heterocycles. The fourth-order valence-corrected chi connectivity index (χ4v) is 6.11. The largest absolute Gasteiger partial charge is 0.490 e. The SMILES string of the molecule is C[C@@]1(c2ccc3c(c2)OCCCO3)NC(=O)N(CC(=O)N2CCN(S(=O)(=O)c3ccccc3)CC2)C1=O. The number of benzene rings is 2. The summed E-state index contributed by atoms with van der Waals surface area (Å²) >= 11 is 0. The lowest BCUT2D eigenvalue weighted by Gasteiger charge is -2.34. The molecule has 0 saturated carbocycles. The van der Waals surface area contributed by atoms with Crippen molar-refractivity contribution in [3.05, 3.63) is 54.1 Å². The average molecular weight is 529 g/mol. The van der Waals surface area contributed by atoms with Gasteiger partial charge in [-0.05, 0) is 36.8 Å². The first-order valence-corrected chi connectivity index (χ1v) is 13.5. The number of carbonyl (C=O) groups excluding carboxylic acids is 3. The quantitative estimate of drug-likeness (QED) is 0.577. The van der Waals surface area contributed by atoms with E-state index in [-0.39, 0.29) is 31.1 Å². The molecule has 196 valence electrons.